The van der Waals surface area contributed by atoms with Gasteiger partial charge in [0.2, 0.25) is 0 Å². The van der Waals surface area contributed by atoms with Gasteiger partial charge in [-0.3, -0.25) is 4.79 Å². The Labute approximate surface area is 159 Å². The summed E-state index contributed by atoms with van der Waals surface area (Å²) in [5.74, 6) is 0.590. The number of nitrogens with zero attached hydrogens (tertiary/aromatic N) is 2. The highest BCUT2D eigenvalue weighted by molar-refractivity contribution is 6.07. The highest BCUT2D eigenvalue weighted by Gasteiger charge is 2.25. The molecule has 4 rings (SSSR count). The quantitative estimate of drug-likeness (QED) is 0.750. The molecule has 1 aromatic heterocycles. The molecule has 27 heavy (non-hydrogen) atoms. The molecule has 5 nitrogen and oxygen atoms in total. The van der Waals surface area contributed by atoms with Crippen molar-refractivity contribution in [3.05, 3.63) is 90.1 Å². The molecule has 1 amide bonds. The van der Waals surface area contributed by atoms with E-state index in [1.807, 2.05) is 42.5 Å². The smallest absolute Gasteiger partial charge is 0.259 e. The molecule has 0 bridgehead atoms. The summed E-state index contributed by atoms with van der Waals surface area (Å²) in [5.41, 5.74) is 2.61. The van der Waals surface area contributed by atoms with Gasteiger partial charge in [0.15, 0.2) is 0 Å². The van der Waals surface area contributed by atoms with Gasteiger partial charge in [-0.1, -0.05) is 48.5 Å². The SMILES string of the molecule is O=C(Nc1ccccc1)c1cccnc1N1CCNC(c2ccccc2)C1. The van der Waals surface area contributed by atoms with Crippen LogP contribution in [0, 0.1) is 0 Å². The molecule has 1 aliphatic heterocycles. The molecular formula is C22H22N4O. The van der Waals surface area contributed by atoms with Crippen molar-refractivity contribution in [1.29, 1.82) is 0 Å². The summed E-state index contributed by atoms with van der Waals surface area (Å²) in [4.78, 5) is 19.6. The zero-order valence-electron chi connectivity index (χ0n) is 15.0. The number of nitrogens with one attached hydrogen (secondary N) is 2. The van der Waals surface area contributed by atoms with Crippen molar-refractivity contribution in [3.63, 3.8) is 0 Å². The Bertz CT molecular complexity index is 898. The van der Waals surface area contributed by atoms with Crippen molar-refractivity contribution in [2.45, 2.75) is 6.04 Å². The molecule has 2 heterocycles. The average molecular weight is 358 g/mol. The van der Waals surface area contributed by atoms with E-state index in [2.05, 4.69) is 44.8 Å². The molecular weight excluding hydrogens is 336 g/mol. The van der Waals surface area contributed by atoms with E-state index in [1.54, 1.807) is 12.3 Å². The standard InChI is InChI=1S/C22H22N4O/c27-22(25-18-10-5-2-6-11-18)19-12-7-13-24-21(19)26-15-14-23-20(16-26)17-8-3-1-4-9-17/h1-13,20,23H,14-16H2,(H,25,27). The Kier molecular flexibility index (Phi) is 5.12. The molecule has 3 aromatic rings. The molecule has 136 valence electrons. The van der Waals surface area contributed by atoms with E-state index in [0.717, 1.165) is 31.1 Å². The van der Waals surface area contributed by atoms with Crippen LogP contribution in [-0.4, -0.2) is 30.5 Å². The number of para-hydroxylation sites is 1. The number of carbonyl (C=O) groups is 1. The summed E-state index contributed by atoms with van der Waals surface area (Å²) in [6.07, 6.45) is 1.74. The van der Waals surface area contributed by atoms with Crippen LogP contribution in [0.2, 0.25) is 0 Å². The number of benzene rings is 2. The zero-order valence-corrected chi connectivity index (χ0v) is 15.0. The molecule has 0 radical (unpaired) electrons. The Hall–Kier alpha value is -3.18. The lowest BCUT2D eigenvalue weighted by Crippen LogP contribution is -2.46. The van der Waals surface area contributed by atoms with Crippen LogP contribution in [0.3, 0.4) is 0 Å². The van der Waals surface area contributed by atoms with Gasteiger partial charge >= 0.3 is 0 Å². The van der Waals surface area contributed by atoms with Gasteiger partial charge in [0.1, 0.15) is 5.82 Å². The summed E-state index contributed by atoms with van der Waals surface area (Å²) in [7, 11) is 0. The maximum atomic E-state index is 12.8. The van der Waals surface area contributed by atoms with Crippen LogP contribution in [0.25, 0.3) is 0 Å². The molecule has 1 atom stereocenters. The van der Waals surface area contributed by atoms with Crippen LogP contribution in [-0.2, 0) is 0 Å². The minimum Gasteiger partial charge on any atom is -0.353 e. The first kappa shape index (κ1) is 17.2. The highest BCUT2D eigenvalue weighted by Crippen LogP contribution is 2.24. The average Bonchev–Trinajstić information content (AvgIpc) is 2.75. The fourth-order valence-corrected chi connectivity index (χ4v) is 3.40. The summed E-state index contributed by atoms with van der Waals surface area (Å²) < 4.78 is 0. The van der Waals surface area contributed by atoms with E-state index < -0.39 is 0 Å². The number of amides is 1. The summed E-state index contributed by atoms with van der Waals surface area (Å²) in [6.45, 7) is 2.43. The van der Waals surface area contributed by atoms with Gasteiger partial charge in [0, 0.05) is 37.6 Å². The van der Waals surface area contributed by atoms with E-state index in [-0.39, 0.29) is 11.9 Å². The third kappa shape index (κ3) is 3.99. The number of anilines is 2. The highest BCUT2D eigenvalue weighted by atomic mass is 16.1. The number of rotatable bonds is 4. The number of piperazine rings is 1. The van der Waals surface area contributed by atoms with E-state index in [9.17, 15) is 4.79 Å². The second-order valence-corrected chi connectivity index (χ2v) is 6.56. The van der Waals surface area contributed by atoms with Crippen LogP contribution in [0.1, 0.15) is 22.0 Å². The lowest BCUT2D eigenvalue weighted by molar-refractivity contribution is 0.102. The lowest BCUT2D eigenvalue weighted by Gasteiger charge is -2.35. The van der Waals surface area contributed by atoms with Gasteiger partial charge in [-0.25, -0.2) is 4.98 Å². The van der Waals surface area contributed by atoms with Gasteiger partial charge in [-0.2, -0.15) is 0 Å². The summed E-state index contributed by atoms with van der Waals surface area (Å²) >= 11 is 0. The first-order chi connectivity index (χ1) is 13.3. The molecule has 0 aliphatic carbocycles. The number of pyridine rings is 1. The summed E-state index contributed by atoms with van der Waals surface area (Å²) in [5, 5.41) is 6.51. The Morgan fingerprint density at radius 3 is 2.52 bits per heavy atom. The van der Waals surface area contributed by atoms with Crippen molar-refractivity contribution in [2.75, 3.05) is 29.9 Å². The number of aromatic nitrogens is 1. The topological polar surface area (TPSA) is 57.3 Å². The van der Waals surface area contributed by atoms with Crippen LogP contribution < -0.4 is 15.5 Å². The zero-order chi connectivity index (χ0) is 18.5. The van der Waals surface area contributed by atoms with Crippen LogP contribution in [0.4, 0.5) is 11.5 Å². The van der Waals surface area contributed by atoms with Gasteiger partial charge in [-0.05, 0) is 29.8 Å². The first-order valence-electron chi connectivity index (χ1n) is 9.16. The molecule has 1 unspecified atom stereocenters. The van der Waals surface area contributed by atoms with Gasteiger partial charge < -0.3 is 15.5 Å². The van der Waals surface area contributed by atoms with Crippen LogP contribution in [0.15, 0.2) is 79.0 Å². The van der Waals surface area contributed by atoms with Gasteiger partial charge in [0.05, 0.1) is 5.56 Å². The fourth-order valence-electron chi connectivity index (χ4n) is 3.40. The summed E-state index contributed by atoms with van der Waals surface area (Å²) in [6, 6.07) is 23.7. The number of hydrogen-bond acceptors (Lipinski definition) is 4. The number of carbonyl (C=O) groups excluding carboxylic acids is 1. The second-order valence-electron chi connectivity index (χ2n) is 6.56. The monoisotopic (exact) mass is 358 g/mol. The molecule has 0 saturated carbocycles. The molecule has 2 aromatic carbocycles. The van der Waals surface area contributed by atoms with E-state index in [1.165, 1.54) is 5.56 Å². The molecule has 1 fully saturated rings. The maximum Gasteiger partial charge on any atom is 0.259 e. The Morgan fingerprint density at radius 1 is 1.00 bits per heavy atom. The van der Waals surface area contributed by atoms with Crippen molar-refractivity contribution in [2.24, 2.45) is 0 Å². The largest absolute Gasteiger partial charge is 0.353 e. The molecule has 2 N–H and O–H groups in total. The second kappa shape index (κ2) is 8.01. The normalized spacial score (nSPS) is 16.7. The Morgan fingerprint density at radius 2 is 1.74 bits per heavy atom. The van der Waals surface area contributed by atoms with Gasteiger partial charge in [-0.15, -0.1) is 0 Å². The molecule has 1 aliphatic rings. The molecule has 0 spiro atoms. The van der Waals surface area contributed by atoms with Crippen molar-refractivity contribution < 1.29 is 4.79 Å². The number of hydrogen-bond donors (Lipinski definition) is 2. The van der Waals surface area contributed by atoms with Crippen molar-refractivity contribution in [3.8, 4) is 0 Å². The predicted molar refractivity (Wildman–Crippen MR) is 108 cm³/mol. The Balaban J connectivity index is 1.56. The van der Waals surface area contributed by atoms with E-state index in [4.69, 9.17) is 0 Å². The minimum atomic E-state index is -0.140. The van der Waals surface area contributed by atoms with Crippen LogP contribution >= 0.6 is 0 Å². The maximum absolute atomic E-state index is 12.8. The van der Waals surface area contributed by atoms with E-state index >= 15 is 0 Å². The van der Waals surface area contributed by atoms with Crippen LogP contribution in [0.5, 0.6) is 0 Å². The molecule has 1 saturated heterocycles. The fraction of sp³-hybridized carbons (Fsp3) is 0.182. The third-order valence-corrected chi connectivity index (χ3v) is 4.74. The first-order valence-corrected chi connectivity index (χ1v) is 9.16. The van der Waals surface area contributed by atoms with Crippen molar-refractivity contribution >= 4 is 17.4 Å². The molecule has 5 heteroatoms. The van der Waals surface area contributed by atoms with Crippen molar-refractivity contribution in [1.82, 2.24) is 10.3 Å². The third-order valence-electron chi connectivity index (χ3n) is 4.74. The lowest BCUT2D eigenvalue weighted by atomic mass is 10.0. The predicted octanol–water partition coefficient (Wildman–Crippen LogP) is 3.48. The van der Waals surface area contributed by atoms with E-state index in [0.29, 0.717) is 5.56 Å². The van der Waals surface area contributed by atoms with Gasteiger partial charge in [0.25, 0.3) is 5.91 Å². The minimum absolute atomic E-state index is 0.140.